The van der Waals surface area contributed by atoms with Gasteiger partial charge in [0, 0.05) is 18.9 Å². The molecule has 1 N–H and O–H groups in total. The molecule has 1 atom stereocenters. The van der Waals surface area contributed by atoms with Crippen LogP contribution in [0.1, 0.15) is 26.2 Å². The maximum absolute atomic E-state index is 11.1. The van der Waals surface area contributed by atoms with Crippen molar-refractivity contribution in [2.24, 2.45) is 5.92 Å². The number of nitrogens with zero attached hydrogens (tertiary/aromatic N) is 3. The summed E-state index contributed by atoms with van der Waals surface area (Å²) in [6.07, 6.45) is 6.58. The van der Waals surface area contributed by atoms with Crippen molar-refractivity contribution in [1.29, 1.82) is 0 Å². The van der Waals surface area contributed by atoms with Crippen LogP contribution in [0.3, 0.4) is 0 Å². The summed E-state index contributed by atoms with van der Waals surface area (Å²) in [5.41, 5.74) is 0. The van der Waals surface area contributed by atoms with Crippen molar-refractivity contribution in [3.05, 3.63) is 18.5 Å². The minimum Gasteiger partial charge on any atom is -0.480 e. The first-order chi connectivity index (χ1) is 8.70. The zero-order valence-corrected chi connectivity index (χ0v) is 12.1. The van der Waals surface area contributed by atoms with E-state index in [4.69, 9.17) is 5.11 Å². The normalized spacial score (nSPS) is 18.8. The lowest BCUT2D eigenvalue weighted by Gasteiger charge is -2.35. The van der Waals surface area contributed by atoms with Crippen LogP contribution in [0.25, 0.3) is 0 Å². The molecule has 1 unspecified atom stereocenters. The van der Waals surface area contributed by atoms with E-state index in [9.17, 15) is 4.79 Å². The monoisotopic (exact) mass is 287 g/mol. The lowest BCUT2D eigenvalue weighted by molar-refractivity contribution is -0.144. The number of rotatable bonds is 5. The van der Waals surface area contributed by atoms with E-state index < -0.39 is 5.97 Å². The van der Waals surface area contributed by atoms with Crippen LogP contribution in [0.15, 0.2) is 18.5 Å². The van der Waals surface area contributed by atoms with Crippen LogP contribution < -0.4 is 0 Å². The fourth-order valence-electron chi connectivity index (χ4n) is 2.71. The average molecular weight is 288 g/mol. The molecule has 1 fully saturated rings. The van der Waals surface area contributed by atoms with E-state index in [1.807, 2.05) is 23.9 Å². The summed E-state index contributed by atoms with van der Waals surface area (Å²) in [7, 11) is 0. The van der Waals surface area contributed by atoms with Crippen LogP contribution in [-0.2, 0) is 11.3 Å². The Kier molecular flexibility index (Phi) is 6.31. The average Bonchev–Trinajstić information content (AvgIpc) is 2.84. The number of hydrogen-bond acceptors (Lipinski definition) is 3. The molecule has 1 aliphatic rings. The Balaban J connectivity index is 0.00000180. The minimum atomic E-state index is -0.692. The molecule has 0 aliphatic carbocycles. The number of aliphatic carboxylic acids is 1. The van der Waals surface area contributed by atoms with Gasteiger partial charge in [-0.2, -0.15) is 5.10 Å². The number of piperidine rings is 1. The molecular weight excluding hydrogens is 266 g/mol. The minimum absolute atomic E-state index is 0. The molecule has 5 nitrogen and oxygen atoms in total. The first-order valence-electron chi connectivity index (χ1n) is 6.65. The van der Waals surface area contributed by atoms with Crippen molar-refractivity contribution in [2.45, 2.75) is 38.8 Å². The summed E-state index contributed by atoms with van der Waals surface area (Å²) in [6.45, 7) is 4.66. The summed E-state index contributed by atoms with van der Waals surface area (Å²) in [5, 5.41) is 13.4. The largest absolute Gasteiger partial charge is 0.480 e. The highest BCUT2D eigenvalue weighted by Gasteiger charge is 2.28. The topological polar surface area (TPSA) is 58.4 Å². The summed E-state index contributed by atoms with van der Waals surface area (Å²) < 4.78 is 1.97. The van der Waals surface area contributed by atoms with Gasteiger partial charge < -0.3 is 5.11 Å². The quantitative estimate of drug-likeness (QED) is 0.898. The predicted octanol–water partition coefficient (Wildman–Crippen LogP) is 1.88. The molecule has 1 aliphatic heterocycles. The second-order valence-corrected chi connectivity index (χ2v) is 4.97. The van der Waals surface area contributed by atoms with E-state index in [0.29, 0.717) is 12.3 Å². The third kappa shape index (κ3) is 4.21. The van der Waals surface area contributed by atoms with Crippen LogP contribution in [0.5, 0.6) is 0 Å². The molecule has 1 aromatic rings. The van der Waals surface area contributed by atoms with E-state index in [1.54, 1.807) is 6.20 Å². The standard InChI is InChI=1S/C13H21N3O2.ClH/c1-2-12(13(17)18)15-8-4-11(5-9-15)10-16-7-3-6-14-16;/h3,6-7,11-12H,2,4-5,8-10H2,1H3,(H,17,18);1H. The number of halogens is 1. The Morgan fingerprint density at radius 2 is 2.16 bits per heavy atom. The maximum Gasteiger partial charge on any atom is 0.320 e. The van der Waals surface area contributed by atoms with E-state index in [-0.39, 0.29) is 18.4 Å². The van der Waals surface area contributed by atoms with Gasteiger partial charge in [-0.25, -0.2) is 0 Å². The molecule has 2 rings (SSSR count). The van der Waals surface area contributed by atoms with Gasteiger partial charge in [-0.15, -0.1) is 12.4 Å². The van der Waals surface area contributed by atoms with E-state index in [1.165, 1.54) is 0 Å². The molecular formula is C13H22ClN3O2. The van der Waals surface area contributed by atoms with Crippen LogP contribution in [-0.4, -0.2) is 44.9 Å². The Bertz CT molecular complexity index is 375. The van der Waals surface area contributed by atoms with Crippen LogP contribution in [0.2, 0.25) is 0 Å². The van der Waals surface area contributed by atoms with Gasteiger partial charge in [0.2, 0.25) is 0 Å². The number of carbonyl (C=O) groups is 1. The molecule has 0 bridgehead atoms. The molecule has 6 heteroatoms. The number of likely N-dealkylation sites (tertiary alicyclic amines) is 1. The SMILES string of the molecule is CCC(C(=O)O)N1CCC(Cn2cccn2)CC1.Cl. The smallest absolute Gasteiger partial charge is 0.320 e. The second kappa shape index (κ2) is 7.50. The highest BCUT2D eigenvalue weighted by atomic mass is 35.5. The summed E-state index contributed by atoms with van der Waals surface area (Å²) in [6, 6.07) is 1.63. The van der Waals surface area contributed by atoms with Gasteiger partial charge in [-0.1, -0.05) is 6.92 Å². The molecule has 0 radical (unpaired) electrons. The van der Waals surface area contributed by atoms with Gasteiger partial charge in [0.05, 0.1) is 0 Å². The highest BCUT2D eigenvalue weighted by molar-refractivity contribution is 5.85. The maximum atomic E-state index is 11.1. The van der Waals surface area contributed by atoms with Crippen LogP contribution >= 0.6 is 12.4 Å². The highest BCUT2D eigenvalue weighted by Crippen LogP contribution is 2.21. The second-order valence-electron chi connectivity index (χ2n) is 4.97. The van der Waals surface area contributed by atoms with Gasteiger partial charge in [-0.05, 0) is 44.3 Å². The summed E-state index contributed by atoms with van der Waals surface area (Å²) in [5.74, 6) is -0.0736. The molecule has 0 aromatic carbocycles. The number of carboxylic acid groups (broad SMARTS) is 1. The van der Waals surface area contributed by atoms with Gasteiger partial charge >= 0.3 is 5.97 Å². The third-order valence-electron chi connectivity index (χ3n) is 3.77. The molecule has 0 amide bonds. The van der Waals surface area contributed by atoms with E-state index in [2.05, 4.69) is 10.00 Å². The first kappa shape index (κ1) is 16.0. The third-order valence-corrected chi connectivity index (χ3v) is 3.77. The van der Waals surface area contributed by atoms with Crippen molar-refractivity contribution in [3.63, 3.8) is 0 Å². The van der Waals surface area contributed by atoms with Gasteiger partial charge in [0.1, 0.15) is 6.04 Å². The molecule has 19 heavy (non-hydrogen) atoms. The number of hydrogen-bond donors (Lipinski definition) is 1. The lowest BCUT2D eigenvalue weighted by atomic mass is 9.95. The van der Waals surface area contributed by atoms with Crippen LogP contribution in [0, 0.1) is 5.92 Å². The molecule has 0 spiro atoms. The van der Waals surface area contributed by atoms with Gasteiger partial charge in [0.25, 0.3) is 0 Å². The Labute approximate surface area is 120 Å². The molecule has 1 aromatic heterocycles. The van der Waals surface area contributed by atoms with Crippen LogP contribution in [0.4, 0.5) is 0 Å². The van der Waals surface area contributed by atoms with Crippen molar-refractivity contribution in [2.75, 3.05) is 13.1 Å². The Hall–Kier alpha value is -1.07. The van der Waals surface area contributed by atoms with E-state index in [0.717, 1.165) is 32.5 Å². The van der Waals surface area contributed by atoms with Crippen molar-refractivity contribution >= 4 is 18.4 Å². The van der Waals surface area contributed by atoms with Crippen molar-refractivity contribution < 1.29 is 9.90 Å². The summed E-state index contributed by atoms with van der Waals surface area (Å²) in [4.78, 5) is 13.2. The fraction of sp³-hybridized carbons (Fsp3) is 0.692. The predicted molar refractivity (Wildman–Crippen MR) is 75.5 cm³/mol. The molecule has 108 valence electrons. The van der Waals surface area contributed by atoms with Gasteiger partial charge in [-0.3, -0.25) is 14.4 Å². The molecule has 1 saturated heterocycles. The number of aromatic nitrogens is 2. The van der Waals surface area contributed by atoms with E-state index >= 15 is 0 Å². The zero-order valence-electron chi connectivity index (χ0n) is 11.2. The zero-order chi connectivity index (χ0) is 13.0. The van der Waals surface area contributed by atoms with Gasteiger partial charge in [0.15, 0.2) is 0 Å². The Morgan fingerprint density at radius 3 is 2.63 bits per heavy atom. The molecule has 2 heterocycles. The fourth-order valence-corrected chi connectivity index (χ4v) is 2.71. The number of carboxylic acids is 1. The lowest BCUT2D eigenvalue weighted by Crippen LogP contribution is -2.45. The van der Waals surface area contributed by atoms with Crippen molar-refractivity contribution in [3.8, 4) is 0 Å². The molecule has 0 saturated carbocycles. The first-order valence-corrected chi connectivity index (χ1v) is 6.65. The summed E-state index contributed by atoms with van der Waals surface area (Å²) >= 11 is 0. The Morgan fingerprint density at radius 1 is 1.47 bits per heavy atom. The van der Waals surface area contributed by atoms with Crippen molar-refractivity contribution in [1.82, 2.24) is 14.7 Å².